The molecule has 0 heterocycles. The summed E-state index contributed by atoms with van der Waals surface area (Å²) in [6.45, 7) is 3.53. The molecule has 0 bridgehead atoms. The summed E-state index contributed by atoms with van der Waals surface area (Å²) in [4.78, 5) is 24.8. The summed E-state index contributed by atoms with van der Waals surface area (Å²) in [5.41, 5.74) is 20.3. The molecule has 0 saturated heterocycles. The number of benzene rings is 3. The zero-order valence-corrected chi connectivity index (χ0v) is 21.8. The van der Waals surface area contributed by atoms with Crippen molar-refractivity contribution in [3.05, 3.63) is 83.9 Å². The number of carbonyl (C=O) groups is 2. The summed E-state index contributed by atoms with van der Waals surface area (Å²) in [6, 6.07) is 19.8. The van der Waals surface area contributed by atoms with E-state index in [-0.39, 0.29) is 11.9 Å². The number of rotatable bonds is 8. The van der Waals surface area contributed by atoms with Crippen LogP contribution >= 0.6 is 0 Å². The van der Waals surface area contributed by atoms with E-state index in [0.717, 1.165) is 11.1 Å². The van der Waals surface area contributed by atoms with Crippen molar-refractivity contribution < 1.29 is 9.59 Å². The fourth-order valence-corrected chi connectivity index (χ4v) is 3.23. The van der Waals surface area contributed by atoms with Gasteiger partial charge in [-0.2, -0.15) is 10.2 Å². The van der Waals surface area contributed by atoms with Gasteiger partial charge in [-0.25, -0.2) is 20.4 Å². The quantitative estimate of drug-likeness (QED) is 0.116. The lowest BCUT2D eigenvalue weighted by Gasteiger charge is -2.11. The minimum atomic E-state index is -0.435. The fourth-order valence-electron chi connectivity index (χ4n) is 3.23. The Morgan fingerprint density at radius 1 is 0.550 bits per heavy atom. The zero-order chi connectivity index (χ0) is 29.1. The van der Waals surface area contributed by atoms with Crippen molar-refractivity contribution >= 4 is 58.2 Å². The molecule has 206 valence electrons. The first kappa shape index (κ1) is 28.6. The lowest BCUT2D eigenvalue weighted by atomic mass is 10.1. The van der Waals surface area contributed by atoms with Gasteiger partial charge in [0.25, 0.3) is 0 Å². The van der Waals surface area contributed by atoms with Gasteiger partial charge >= 0.3 is 12.1 Å². The largest absolute Gasteiger partial charge is 0.369 e. The number of anilines is 4. The summed E-state index contributed by atoms with van der Waals surface area (Å²) < 4.78 is 0. The minimum absolute atomic E-state index is 0.258. The second-order valence-corrected chi connectivity index (χ2v) is 8.34. The van der Waals surface area contributed by atoms with Gasteiger partial charge in [-0.1, -0.05) is 24.3 Å². The Morgan fingerprint density at radius 2 is 0.800 bits per heavy atom. The minimum Gasteiger partial charge on any atom is -0.369 e. The maximum Gasteiger partial charge on any atom is 0.323 e. The molecule has 0 fully saturated rings. The van der Waals surface area contributed by atoms with Gasteiger partial charge in [0.1, 0.15) is 0 Å². The van der Waals surface area contributed by atoms with Crippen LogP contribution in [0.1, 0.15) is 25.0 Å². The number of guanidine groups is 2. The first-order valence-electron chi connectivity index (χ1n) is 11.8. The molecule has 0 radical (unpaired) electrons. The Balaban J connectivity index is 1.48. The van der Waals surface area contributed by atoms with Crippen molar-refractivity contribution in [1.29, 1.82) is 10.8 Å². The zero-order valence-electron chi connectivity index (χ0n) is 21.8. The molecule has 3 aromatic rings. The van der Waals surface area contributed by atoms with Crippen LogP contribution in [0, 0.1) is 10.8 Å². The summed E-state index contributed by atoms with van der Waals surface area (Å²) in [5, 5.41) is 33.2. The maximum absolute atomic E-state index is 12.4. The molecule has 3 aromatic carbocycles. The summed E-state index contributed by atoms with van der Waals surface area (Å²) in [6.07, 6.45) is 0. The molecule has 14 nitrogen and oxygen atoms in total. The van der Waals surface area contributed by atoms with Gasteiger partial charge in [-0.05, 0) is 73.5 Å². The Morgan fingerprint density at radius 3 is 1.05 bits per heavy atom. The van der Waals surface area contributed by atoms with Crippen LogP contribution in [0.3, 0.4) is 0 Å². The smallest absolute Gasteiger partial charge is 0.323 e. The lowest BCUT2D eigenvalue weighted by molar-refractivity contribution is 0.261. The molecular weight excluding hydrogens is 512 g/mol. The Labute approximate surface area is 230 Å². The number of hydrogen-bond acceptors (Lipinski definition) is 6. The van der Waals surface area contributed by atoms with Gasteiger partial charge < -0.3 is 32.7 Å². The van der Waals surface area contributed by atoms with Gasteiger partial charge in [-0.15, -0.1) is 0 Å². The average Bonchev–Trinajstić information content (AvgIpc) is 2.92. The van der Waals surface area contributed by atoms with Crippen LogP contribution in [0.25, 0.3) is 0 Å². The van der Waals surface area contributed by atoms with Crippen molar-refractivity contribution in [2.75, 3.05) is 21.3 Å². The highest BCUT2D eigenvalue weighted by Crippen LogP contribution is 2.16. The van der Waals surface area contributed by atoms with Crippen LogP contribution in [-0.4, -0.2) is 35.4 Å². The number of nitrogens with one attached hydrogen (secondary N) is 8. The molecule has 0 atom stereocenters. The molecule has 0 aliphatic rings. The van der Waals surface area contributed by atoms with Crippen LogP contribution < -0.4 is 43.6 Å². The van der Waals surface area contributed by atoms with Gasteiger partial charge in [0.2, 0.25) is 11.9 Å². The average molecular weight is 543 g/mol. The monoisotopic (exact) mass is 542 g/mol. The number of hydrogen-bond donors (Lipinski definition) is 10. The van der Waals surface area contributed by atoms with Crippen molar-refractivity contribution in [2.45, 2.75) is 13.8 Å². The molecule has 0 unspecified atom stereocenters. The van der Waals surface area contributed by atoms with Crippen LogP contribution in [0.15, 0.2) is 83.0 Å². The van der Waals surface area contributed by atoms with Crippen LogP contribution in [0.5, 0.6) is 0 Å². The molecule has 40 heavy (non-hydrogen) atoms. The Kier molecular flexibility index (Phi) is 9.72. The number of carbonyl (C=O) groups excluding carboxylic acids is 2. The SMILES string of the molecule is CC(=NNC(=N)N)c1ccc(NC(=O)Nc2ccc(NC(=O)Nc3ccc(C(C)=NNC(=N)N)cc3)cc2)cc1. The molecule has 12 N–H and O–H groups in total. The van der Waals surface area contributed by atoms with E-state index >= 15 is 0 Å². The normalized spacial score (nSPS) is 11.2. The first-order chi connectivity index (χ1) is 19.1. The Hall–Kier alpha value is -5.92. The van der Waals surface area contributed by atoms with Crippen molar-refractivity contribution in [2.24, 2.45) is 21.7 Å². The number of amides is 4. The fraction of sp³-hybridized carbons (Fsp3) is 0.0769. The maximum atomic E-state index is 12.4. The molecule has 0 aliphatic heterocycles. The third-order valence-corrected chi connectivity index (χ3v) is 5.21. The van der Waals surface area contributed by atoms with E-state index in [2.05, 4.69) is 42.3 Å². The van der Waals surface area contributed by atoms with Crippen molar-refractivity contribution in [3.63, 3.8) is 0 Å². The lowest BCUT2D eigenvalue weighted by Crippen LogP contribution is -2.26. The highest BCUT2D eigenvalue weighted by Gasteiger charge is 2.07. The molecular formula is C26H30N12O2. The number of nitrogens with two attached hydrogens (primary N) is 2. The summed E-state index contributed by atoms with van der Waals surface area (Å²) in [5.74, 6) is -0.516. The summed E-state index contributed by atoms with van der Waals surface area (Å²) >= 11 is 0. The third-order valence-electron chi connectivity index (χ3n) is 5.21. The van der Waals surface area contributed by atoms with Crippen LogP contribution in [0.2, 0.25) is 0 Å². The van der Waals surface area contributed by atoms with Gasteiger partial charge in [0.15, 0.2) is 0 Å². The molecule has 0 saturated carbocycles. The Bertz CT molecular complexity index is 1320. The topological polar surface area (TPSA) is 231 Å². The molecule has 3 rings (SSSR count). The van der Waals surface area contributed by atoms with E-state index in [9.17, 15) is 9.59 Å². The molecule has 0 spiro atoms. The van der Waals surface area contributed by atoms with Gasteiger partial charge in [0.05, 0.1) is 11.4 Å². The second kappa shape index (κ2) is 13.6. The van der Waals surface area contributed by atoms with Crippen LogP contribution in [-0.2, 0) is 0 Å². The van der Waals surface area contributed by atoms with E-state index in [4.69, 9.17) is 22.3 Å². The second-order valence-electron chi connectivity index (χ2n) is 8.34. The molecule has 4 amide bonds. The first-order valence-corrected chi connectivity index (χ1v) is 11.8. The molecule has 0 aromatic heterocycles. The van der Waals surface area contributed by atoms with Crippen LogP contribution in [0.4, 0.5) is 32.3 Å². The van der Waals surface area contributed by atoms with E-state index in [1.165, 1.54) is 0 Å². The van der Waals surface area contributed by atoms with E-state index < -0.39 is 12.1 Å². The number of hydrazone groups is 2. The standard InChI is InChI=1S/C26H30N12O2/c1-15(35-37-23(27)28)17-3-7-19(8-4-17)31-25(39)33-21-11-13-22(14-12-21)34-26(40)32-20-9-5-18(6-10-20)16(2)36-38-24(29)30/h3-14H,1-2H3,(H4,27,28,37)(H4,29,30,38)(H2,31,33,39)(H2,32,34,40). The van der Waals surface area contributed by atoms with Gasteiger partial charge in [-0.3, -0.25) is 10.8 Å². The van der Waals surface area contributed by atoms with E-state index in [0.29, 0.717) is 34.2 Å². The number of urea groups is 2. The summed E-state index contributed by atoms with van der Waals surface area (Å²) in [7, 11) is 0. The molecule has 14 heteroatoms. The highest BCUT2D eigenvalue weighted by atomic mass is 16.2. The predicted octanol–water partition coefficient (Wildman–Crippen LogP) is 3.39. The predicted molar refractivity (Wildman–Crippen MR) is 159 cm³/mol. The van der Waals surface area contributed by atoms with Crippen molar-refractivity contribution in [1.82, 2.24) is 10.9 Å². The van der Waals surface area contributed by atoms with Crippen molar-refractivity contribution in [3.8, 4) is 0 Å². The van der Waals surface area contributed by atoms with Gasteiger partial charge in [0, 0.05) is 22.7 Å². The molecule has 0 aliphatic carbocycles. The highest BCUT2D eigenvalue weighted by molar-refractivity contribution is 6.03. The van der Waals surface area contributed by atoms with E-state index in [1.807, 2.05) is 0 Å². The van der Waals surface area contributed by atoms with E-state index in [1.54, 1.807) is 86.6 Å². The number of nitrogens with zero attached hydrogens (tertiary/aromatic N) is 2. The third kappa shape index (κ3) is 9.19.